The minimum atomic E-state index is -4.05. The molecule has 0 saturated carbocycles. The Morgan fingerprint density at radius 1 is 1.04 bits per heavy atom. The maximum absolute atomic E-state index is 12.6. The third kappa shape index (κ3) is 7.09. The van der Waals surface area contributed by atoms with Gasteiger partial charge in [-0.2, -0.15) is 8.42 Å². The summed E-state index contributed by atoms with van der Waals surface area (Å²) in [7, 11) is -4.05. The summed E-state index contributed by atoms with van der Waals surface area (Å²) in [6, 6.07) is 16.3. The van der Waals surface area contributed by atoms with Gasteiger partial charge in [0.05, 0.1) is 11.5 Å². The van der Waals surface area contributed by atoms with Crippen molar-refractivity contribution in [2.24, 2.45) is 0 Å². The number of esters is 1. The molecule has 152 valence electrons. The Hall–Kier alpha value is -2.18. The van der Waals surface area contributed by atoms with E-state index in [0.29, 0.717) is 6.42 Å². The van der Waals surface area contributed by atoms with Gasteiger partial charge in [0, 0.05) is 0 Å². The Balaban J connectivity index is 2.07. The standard InChI is InChI=1S/C22H28O5S/c1-3-4-16-26-22(23)21(15-9-13-19-11-6-5-7-12-19)27-28(24,25)20-14-8-10-18(2)17-20/h5-8,10-12,14,17,21H,3-4,9,13,15-16H2,1-2H3/t21-/m1/s1. The molecule has 0 radical (unpaired) electrons. The molecule has 1 atom stereocenters. The van der Waals surface area contributed by atoms with Gasteiger partial charge in [0.15, 0.2) is 6.10 Å². The van der Waals surface area contributed by atoms with E-state index in [0.717, 1.165) is 30.4 Å². The molecule has 0 aliphatic carbocycles. The third-order valence-corrected chi connectivity index (χ3v) is 5.62. The highest BCUT2D eigenvalue weighted by atomic mass is 32.2. The predicted molar refractivity (Wildman–Crippen MR) is 108 cm³/mol. The molecule has 0 bridgehead atoms. The van der Waals surface area contributed by atoms with Crippen LogP contribution in [0.5, 0.6) is 0 Å². The summed E-state index contributed by atoms with van der Waals surface area (Å²) in [5.41, 5.74) is 1.93. The molecule has 2 aromatic carbocycles. The van der Waals surface area contributed by atoms with E-state index < -0.39 is 22.2 Å². The minimum Gasteiger partial charge on any atom is -0.464 e. The lowest BCUT2D eigenvalue weighted by Gasteiger charge is -2.17. The molecule has 0 unspecified atom stereocenters. The fourth-order valence-electron chi connectivity index (χ4n) is 2.73. The summed E-state index contributed by atoms with van der Waals surface area (Å²) in [6.07, 6.45) is 2.08. The normalized spacial score (nSPS) is 12.5. The monoisotopic (exact) mass is 404 g/mol. The predicted octanol–water partition coefficient (Wildman–Crippen LogP) is 4.44. The third-order valence-electron chi connectivity index (χ3n) is 4.30. The number of carbonyl (C=O) groups is 1. The van der Waals surface area contributed by atoms with Crippen molar-refractivity contribution in [1.82, 2.24) is 0 Å². The fourth-order valence-corrected chi connectivity index (χ4v) is 3.90. The second-order valence-electron chi connectivity index (χ2n) is 6.75. The van der Waals surface area contributed by atoms with E-state index in [1.165, 1.54) is 12.1 Å². The van der Waals surface area contributed by atoms with Gasteiger partial charge in [0.2, 0.25) is 0 Å². The van der Waals surface area contributed by atoms with Crippen LogP contribution in [0.4, 0.5) is 0 Å². The van der Waals surface area contributed by atoms with Crippen LogP contribution in [-0.4, -0.2) is 27.1 Å². The van der Waals surface area contributed by atoms with Gasteiger partial charge < -0.3 is 4.74 Å². The Morgan fingerprint density at radius 3 is 2.46 bits per heavy atom. The highest BCUT2D eigenvalue weighted by Crippen LogP contribution is 2.19. The van der Waals surface area contributed by atoms with Gasteiger partial charge in [-0.15, -0.1) is 0 Å². The molecular weight excluding hydrogens is 376 g/mol. The van der Waals surface area contributed by atoms with E-state index in [-0.39, 0.29) is 17.9 Å². The first kappa shape index (κ1) is 22.1. The van der Waals surface area contributed by atoms with E-state index >= 15 is 0 Å². The quantitative estimate of drug-likeness (QED) is 0.315. The largest absolute Gasteiger partial charge is 0.464 e. The van der Waals surface area contributed by atoms with Crippen molar-refractivity contribution in [2.75, 3.05) is 6.61 Å². The number of ether oxygens (including phenoxy) is 1. The Kier molecular flexibility index (Phi) is 8.67. The van der Waals surface area contributed by atoms with Gasteiger partial charge in [-0.05, 0) is 55.9 Å². The van der Waals surface area contributed by atoms with Crippen LogP contribution in [0.2, 0.25) is 0 Å². The van der Waals surface area contributed by atoms with Gasteiger partial charge in [-0.25, -0.2) is 4.79 Å². The first-order chi connectivity index (χ1) is 13.4. The Labute approximate surface area is 167 Å². The zero-order valence-corrected chi connectivity index (χ0v) is 17.3. The minimum absolute atomic E-state index is 0.0434. The molecule has 0 fully saturated rings. The van der Waals surface area contributed by atoms with E-state index in [1.54, 1.807) is 19.1 Å². The molecule has 6 heteroatoms. The first-order valence-corrected chi connectivity index (χ1v) is 11.0. The number of rotatable bonds is 11. The van der Waals surface area contributed by atoms with Crippen LogP contribution in [0.3, 0.4) is 0 Å². The molecule has 2 rings (SSSR count). The summed E-state index contributed by atoms with van der Waals surface area (Å²) in [5.74, 6) is -0.627. The number of aryl methyl sites for hydroxylation is 2. The molecule has 0 spiro atoms. The highest BCUT2D eigenvalue weighted by Gasteiger charge is 2.28. The van der Waals surface area contributed by atoms with Crippen LogP contribution >= 0.6 is 0 Å². The molecule has 2 aromatic rings. The smallest absolute Gasteiger partial charge is 0.336 e. The van der Waals surface area contributed by atoms with Crippen LogP contribution in [-0.2, 0) is 30.3 Å². The van der Waals surface area contributed by atoms with Crippen LogP contribution < -0.4 is 0 Å². The lowest BCUT2D eigenvalue weighted by molar-refractivity contribution is -0.152. The maximum atomic E-state index is 12.6. The van der Waals surface area contributed by atoms with Crippen molar-refractivity contribution in [1.29, 1.82) is 0 Å². The summed E-state index contributed by atoms with van der Waals surface area (Å²) < 4.78 is 35.8. The molecule has 5 nitrogen and oxygen atoms in total. The molecule has 28 heavy (non-hydrogen) atoms. The highest BCUT2D eigenvalue weighted by molar-refractivity contribution is 7.86. The summed E-state index contributed by atoms with van der Waals surface area (Å²) in [5, 5.41) is 0. The van der Waals surface area contributed by atoms with Crippen LogP contribution in [0.15, 0.2) is 59.5 Å². The van der Waals surface area contributed by atoms with E-state index in [9.17, 15) is 13.2 Å². The van der Waals surface area contributed by atoms with Crippen molar-refractivity contribution in [3.8, 4) is 0 Å². The van der Waals surface area contributed by atoms with Crippen molar-refractivity contribution in [3.63, 3.8) is 0 Å². The SMILES string of the molecule is CCCCOC(=O)[C@@H](CCCc1ccccc1)OS(=O)(=O)c1cccc(C)c1. The zero-order valence-electron chi connectivity index (χ0n) is 16.5. The first-order valence-electron chi connectivity index (χ1n) is 9.63. The second kappa shape index (κ2) is 11.0. The molecule has 0 aliphatic rings. The summed E-state index contributed by atoms with van der Waals surface area (Å²) in [6.45, 7) is 4.05. The molecule has 0 N–H and O–H groups in total. The average molecular weight is 405 g/mol. The molecule has 0 heterocycles. The molecule has 0 aromatic heterocycles. The van der Waals surface area contributed by atoms with Crippen molar-refractivity contribution < 1.29 is 22.1 Å². The Bertz CT molecular complexity index is 846. The van der Waals surface area contributed by atoms with Crippen molar-refractivity contribution in [2.45, 2.75) is 57.0 Å². The number of hydrogen-bond donors (Lipinski definition) is 0. The molecule has 0 aliphatic heterocycles. The zero-order chi connectivity index (χ0) is 20.4. The number of carbonyl (C=O) groups excluding carboxylic acids is 1. The molecule has 0 amide bonds. The summed E-state index contributed by atoms with van der Waals surface area (Å²) in [4.78, 5) is 12.5. The van der Waals surface area contributed by atoms with E-state index in [4.69, 9.17) is 8.92 Å². The van der Waals surface area contributed by atoms with E-state index in [1.807, 2.05) is 37.3 Å². The molecular formula is C22H28O5S. The van der Waals surface area contributed by atoms with Gasteiger partial charge >= 0.3 is 5.97 Å². The number of benzene rings is 2. The summed E-state index contributed by atoms with van der Waals surface area (Å²) >= 11 is 0. The second-order valence-corrected chi connectivity index (χ2v) is 8.33. The van der Waals surface area contributed by atoms with Crippen LogP contribution in [0.1, 0.15) is 43.7 Å². The topological polar surface area (TPSA) is 69.7 Å². The maximum Gasteiger partial charge on any atom is 0.336 e. The number of unbranched alkanes of at least 4 members (excludes halogenated alkanes) is 1. The lowest BCUT2D eigenvalue weighted by Crippen LogP contribution is -2.30. The van der Waals surface area contributed by atoms with Crippen LogP contribution in [0.25, 0.3) is 0 Å². The number of hydrogen-bond acceptors (Lipinski definition) is 5. The van der Waals surface area contributed by atoms with Gasteiger partial charge in [0.25, 0.3) is 10.1 Å². The molecule has 0 saturated heterocycles. The van der Waals surface area contributed by atoms with Crippen molar-refractivity contribution in [3.05, 3.63) is 65.7 Å². The Morgan fingerprint density at radius 2 is 1.79 bits per heavy atom. The lowest BCUT2D eigenvalue weighted by atomic mass is 10.1. The average Bonchev–Trinajstić information content (AvgIpc) is 2.68. The van der Waals surface area contributed by atoms with Gasteiger partial charge in [-0.3, -0.25) is 4.18 Å². The van der Waals surface area contributed by atoms with Crippen molar-refractivity contribution >= 4 is 16.1 Å². The van der Waals surface area contributed by atoms with Gasteiger partial charge in [0.1, 0.15) is 0 Å². The van der Waals surface area contributed by atoms with Crippen LogP contribution in [0, 0.1) is 6.92 Å². The fraction of sp³-hybridized carbons (Fsp3) is 0.409. The van der Waals surface area contributed by atoms with Gasteiger partial charge in [-0.1, -0.05) is 55.8 Å². The van der Waals surface area contributed by atoms with E-state index in [2.05, 4.69) is 0 Å².